The van der Waals surface area contributed by atoms with Crippen molar-refractivity contribution < 1.29 is 4.92 Å². The molecule has 1 aliphatic rings. The third-order valence-corrected chi connectivity index (χ3v) is 4.31. The van der Waals surface area contributed by atoms with Gasteiger partial charge in [0.25, 0.3) is 5.69 Å². The molecule has 0 spiro atoms. The average Bonchev–Trinajstić information content (AvgIpc) is 2.46. The summed E-state index contributed by atoms with van der Waals surface area (Å²) in [6, 6.07) is 5.76. The van der Waals surface area contributed by atoms with E-state index in [0.717, 1.165) is 31.7 Å². The zero-order valence-electron chi connectivity index (χ0n) is 11.9. The summed E-state index contributed by atoms with van der Waals surface area (Å²) in [5, 5.41) is 10.9. The van der Waals surface area contributed by atoms with Gasteiger partial charge in [0.2, 0.25) is 0 Å². The van der Waals surface area contributed by atoms with Crippen LogP contribution in [-0.2, 0) is 5.88 Å². The Morgan fingerprint density at radius 1 is 1.45 bits per heavy atom. The largest absolute Gasteiger partial charge is 0.369 e. The SMILES string of the molecule is CCC1CN(c2ccc([N+](=O)[O-])c(CCl)c2)CCN1C. The topological polar surface area (TPSA) is 49.6 Å². The molecule has 1 atom stereocenters. The summed E-state index contributed by atoms with van der Waals surface area (Å²) < 4.78 is 0. The monoisotopic (exact) mass is 297 g/mol. The van der Waals surface area contributed by atoms with Crippen LogP contribution in [0.1, 0.15) is 18.9 Å². The summed E-state index contributed by atoms with van der Waals surface area (Å²) in [7, 11) is 2.14. The predicted octanol–water partition coefficient (Wildman–Crippen LogP) is 2.86. The van der Waals surface area contributed by atoms with Crippen LogP contribution < -0.4 is 4.90 Å². The Hall–Kier alpha value is -1.33. The van der Waals surface area contributed by atoms with Gasteiger partial charge in [-0.1, -0.05) is 6.92 Å². The lowest BCUT2D eigenvalue weighted by Gasteiger charge is -2.40. The number of nitro benzene ring substituents is 1. The van der Waals surface area contributed by atoms with E-state index in [1.165, 1.54) is 0 Å². The van der Waals surface area contributed by atoms with Crippen molar-refractivity contribution in [2.24, 2.45) is 0 Å². The minimum absolute atomic E-state index is 0.102. The first-order valence-electron chi connectivity index (χ1n) is 6.85. The number of hydrogen-bond donors (Lipinski definition) is 0. The quantitative estimate of drug-likeness (QED) is 0.487. The van der Waals surface area contributed by atoms with E-state index in [2.05, 4.69) is 23.8 Å². The minimum Gasteiger partial charge on any atom is -0.369 e. The van der Waals surface area contributed by atoms with Crippen LogP contribution in [0.5, 0.6) is 0 Å². The number of piperazine rings is 1. The molecule has 1 saturated heterocycles. The van der Waals surface area contributed by atoms with Gasteiger partial charge >= 0.3 is 0 Å². The standard InChI is InChI=1S/C14H20ClN3O2/c1-3-12-10-17(7-6-16(12)2)13-4-5-14(18(19)20)11(8-13)9-15/h4-5,8,12H,3,6-7,9-10H2,1-2H3. The van der Waals surface area contributed by atoms with Crippen molar-refractivity contribution >= 4 is 23.0 Å². The Bertz CT molecular complexity index is 495. The third kappa shape index (κ3) is 3.04. The molecule has 1 aromatic rings. The number of likely N-dealkylation sites (N-methyl/N-ethyl adjacent to an activating group) is 1. The van der Waals surface area contributed by atoms with Gasteiger partial charge in [0.15, 0.2) is 0 Å². The first-order valence-corrected chi connectivity index (χ1v) is 7.38. The maximum Gasteiger partial charge on any atom is 0.273 e. The summed E-state index contributed by atoms with van der Waals surface area (Å²) in [4.78, 5) is 15.2. The molecule has 0 aliphatic carbocycles. The normalized spacial score (nSPS) is 20.1. The molecule has 1 unspecified atom stereocenters. The fourth-order valence-corrected chi connectivity index (χ4v) is 2.89. The van der Waals surface area contributed by atoms with Crippen molar-refractivity contribution in [2.45, 2.75) is 25.3 Å². The van der Waals surface area contributed by atoms with Gasteiger partial charge in [0.05, 0.1) is 10.8 Å². The summed E-state index contributed by atoms with van der Waals surface area (Å²) in [5.41, 5.74) is 1.71. The van der Waals surface area contributed by atoms with Gasteiger partial charge in [-0.15, -0.1) is 11.6 Å². The van der Waals surface area contributed by atoms with Crippen LogP contribution in [0, 0.1) is 10.1 Å². The Balaban J connectivity index is 2.23. The molecule has 1 fully saturated rings. The molecular weight excluding hydrogens is 278 g/mol. The van der Waals surface area contributed by atoms with Gasteiger partial charge in [-0.25, -0.2) is 0 Å². The van der Waals surface area contributed by atoms with Crippen molar-refractivity contribution in [3.8, 4) is 0 Å². The van der Waals surface area contributed by atoms with E-state index in [0.29, 0.717) is 11.6 Å². The van der Waals surface area contributed by atoms with Gasteiger partial charge in [-0.3, -0.25) is 15.0 Å². The maximum atomic E-state index is 10.9. The van der Waals surface area contributed by atoms with Crippen molar-refractivity contribution in [3.63, 3.8) is 0 Å². The maximum absolute atomic E-state index is 10.9. The van der Waals surface area contributed by atoms with Gasteiger partial charge in [0.1, 0.15) is 0 Å². The number of hydrogen-bond acceptors (Lipinski definition) is 4. The molecule has 0 N–H and O–H groups in total. The summed E-state index contributed by atoms with van der Waals surface area (Å²) in [6.07, 6.45) is 1.10. The number of alkyl halides is 1. The molecule has 6 heteroatoms. The summed E-state index contributed by atoms with van der Waals surface area (Å²) >= 11 is 5.83. The van der Waals surface area contributed by atoms with E-state index in [-0.39, 0.29) is 16.5 Å². The molecule has 5 nitrogen and oxygen atoms in total. The first kappa shape index (κ1) is 15.1. The van der Waals surface area contributed by atoms with E-state index >= 15 is 0 Å². The van der Waals surface area contributed by atoms with Crippen LogP contribution in [0.4, 0.5) is 11.4 Å². The second-order valence-corrected chi connectivity index (χ2v) is 5.46. The fourth-order valence-electron chi connectivity index (χ4n) is 2.68. The predicted molar refractivity (Wildman–Crippen MR) is 81.6 cm³/mol. The minimum atomic E-state index is -0.375. The number of halogens is 1. The van der Waals surface area contributed by atoms with Crippen LogP contribution in [0.25, 0.3) is 0 Å². The average molecular weight is 298 g/mol. The van der Waals surface area contributed by atoms with E-state index in [1.807, 2.05) is 12.1 Å². The van der Waals surface area contributed by atoms with E-state index < -0.39 is 0 Å². The fraction of sp³-hybridized carbons (Fsp3) is 0.571. The third-order valence-electron chi connectivity index (χ3n) is 4.02. The number of benzene rings is 1. The van der Waals surface area contributed by atoms with Crippen LogP contribution in [0.2, 0.25) is 0 Å². The van der Waals surface area contributed by atoms with Gasteiger partial charge in [-0.05, 0) is 25.6 Å². The molecule has 20 heavy (non-hydrogen) atoms. The highest BCUT2D eigenvalue weighted by atomic mass is 35.5. The van der Waals surface area contributed by atoms with Crippen molar-refractivity contribution in [2.75, 3.05) is 31.6 Å². The summed E-state index contributed by atoms with van der Waals surface area (Å²) in [6.45, 7) is 5.08. The highest BCUT2D eigenvalue weighted by Gasteiger charge is 2.24. The molecule has 110 valence electrons. The molecule has 2 rings (SSSR count). The molecule has 1 heterocycles. The molecule has 0 radical (unpaired) electrons. The van der Waals surface area contributed by atoms with E-state index in [9.17, 15) is 10.1 Å². The number of nitrogens with zero attached hydrogens (tertiary/aromatic N) is 3. The van der Waals surface area contributed by atoms with E-state index in [4.69, 9.17) is 11.6 Å². The molecule has 1 aliphatic heterocycles. The Labute approximate surface area is 124 Å². The van der Waals surface area contributed by atoms with Crippen LogP contribution >= 0.6 is 11.6 Å². The lowest BCUT2D eigenvalue weighted by Crippen LogP contribution is -2.51. The zero-order valence-corrected chi connectivity index (χ0v) is 12.6. The lowest BCUT2D eigenvalue weighted by molar-refractivity contribution is -0.385. The number of rotatable bonds is 4. The Morgan fingerprint density at radius 3 is 2.80 bits per heavy atom. The molecule has 0 saturated carbocycles. The van der Waals surface area contributed by atoms with Crippen molar-refractivity contribution in [1.82, 2.24) is 4.90 Å². The number of nitro groups is 1. The molecule has 0 amide bonds. The second-order valence-electron chi connectivity index (χ2n) is 5.19. The van der Waals surface area contributed by atoms with Crippen LogP contribution in [0.3, 0.4) is 0 Å². The Kier molecular flexibility index (Phi) is 4.83. The molecule has 1 aromatic carbocycles. The van der Waals surface area contributed by atoms with Crippen LogP contribution in [0.15, 0.2) is 18.2 Å². The van der Waals surface area contributed by atoms with Crippen LogP contribution in [-0.4, -0.2) is 42.5 Å². The van der Waals surface area contributed by atoms with Gasteiger partial charge < -0.3 is 4.90 Å². The molecular formula is C14H20ClN3O2. The molecule has 0 aromatic heterocycles. The highest BCUT2D eigenvalue weighted by Crippen LogP contribution is 2.28. The Morgan fingerprint density at radius 2 is 2.20 bits per heavy atom. The van der Waals surface area contributed by atoms with E-state index in [1.54, 1.807) is 6.07 Å². The lowest BCUT2D eigenvalue weighted by atomic mass is 10.1. The molecule has 0 bridgehead atoms. The van der Waals surface area contributed by atoms with Crippen molar-refractivity contribution in [1.29, 1.82) is 0 Å². The smallest absolute Gasteiger partial charge is 0.273 e. The second kappa shape index (κ2) is 6.41. The van der Waals surface area contributed by atoms with Gasteiger partial charge in [0, 0.05) is 43.0 Å². The number of anilines is 1. The summed E-state index contributed by atoms with van der Waals surface area (Å²) in [5.74, 6) is 0.162. The van der Waals surface area contributed by atoms with Gasteiger partial charge in [-0.2, -0.15) is 0 Å². The first-order chi connectivity index (χ1) is 9.56. The van der Waals surface area contributed by atoms with Crippen molar-refractivity contribution in [3.05, 3.63) is 33.9 Å². The highest BCUT2D eigenvalue weighted by molar-refractivity contribution is 6.17. The zero-order chi connectivity index (χ0) is 14.7.